The summed E-state index contributed by atoms with van der Waals surface area (Å²) in [5.41, 5.74) is 2.19. The summed E-state index contributed by atoms with van der Waals surface area (Å²) in [6.45, 7) is 4.03. The van der Waals surface area contributed by atoms with Crippen LogP contribution in [0.5, 0.6) is 0 Å². The number of amides is 1. The molecule has 0 fully saturated rings. The molecule has 0 bridgehead atoms. The molecule has 1 heterocycles. The van der Waals surface area contributed by atoms with Gasteiger partial charge in [-0.2, -0.15) is 0 Å². The quantitative estimate of drug-likeness (QED) is 0.865. The van der Waals surface area contributed by atoms with E-state index in [0.717, 1.165) is 15.7 Å². The Morgan fingerprint density at radius 2 is 2.20 bits per heavy atom. The van der Waals surface area contributed by atoms with Crippen LogP contribution in [0.2, 0.25) is 0 Å². The van der Waals surface area contributed by atoms with Gasteiger partial charge in [0.05, 0.1) is 12.6 Å². The summed E-state index contributed by atoms with van der Waals surface area (Å²) in [4.78, 5) is 14.4. The Kier molecular flexibility index (Phi) is 4.70. The van der Waals surface area contributed by atoms with Crippen molar-refractivity contribution in [2.45, 2.75) is 32.4 Å². The molecule has 0 saturated heterocycles. The lowest BCUT2D eigenvalue weighted by Gasteiger charge is -2.37. The van der Waals surface area contributed by atoms with Gasteiger partial charge >= 0.3 is 0 Å². The van der Waals surface area contributed by atoms with E-state index < -0.39 is 0 Å². The molecule has 0 saturated carbocycles. The maximum Gasteiger partial charge on any atom is 0.243 e. The average molecular weight is 341 g/mol. The zero-order valence-corrected chi connectivity index (χ0v) is 13.6. The van der Waals surface area contributed by atoms with Crippen LogP contribution in [0.3, 0.4) is 0 Å². The van der Waals surface area contributed by atoms with Crippen molar-refractivity contribution in [3.63, 3.8) is 0 Å². The molecular weight excluding hydrogens is 320 g/mol. The number of halogens is 1. The van der Waals surface area contributed by atoms with Crippen molar-refractivity contribution in [2.75, 3.05) is 18.6 Å². The van der Waals surface area contributed by atoms with Gasteiger partial charge in [-0.1, -0.05) is 35.8 Å². The molecule has 0 aromatic heterocycles. The molecule has 0 unspecified atom stereocenters. The highest BCUT2D eigenvalue weighted by Crippen LogP contribution is 2.30. The number of rotatable bonds is 2. The molecule has 4 nitrogen and oxygen atoms in total. The van der Waals surface area contributed by atoms with E-state index in [-0.39, 0.29) is 30.5 Å². The molecule has 110 valence electrons. The fourth-order valence-corrected chi connectivity index (χ4v) is 3.18. The second-order valence-electron chi connectivity index (χ2n) is 5.67. The molecule has 5 heteroatoms. The second kappa shape index (κ2) is 6.14. The van der Waals surface area contributed by atoms with Gasteiger partial charge < -0.3 is 15.3 Å². The minimum absolute atomic E-state index is 0.0211. The minimum Gasteiger partial charge on any atom is -0.394 e. The van der Waals surface area contributed by atoms with Crippen LogP contribution in [0.4, 0.5) is 5.69 Å². The third kappa shape index (κ3) is 2.99. The van der Waals surface area contributed by atoms with Gasteiger partial charge in [0.2, 0.25) is 5.91 Å². The van der Waals surface area contributed by atoms with Crippen LogP contribution in [0, 0.1) is 5.92 Å². The van der Waals surface area contributed by atoms with Crippen molar-refractivity contribution in [3.05, 3.63) is 28.2 Å². The third-order valence-corrected chi connectivity index (χ3v) is 4.27. The number of hydrogen-bond acceptors (Lipinski definition) is 3. The van der Waals surface area contributed by atoms with E-state index >= 15 is 0 Å². The first kappa shape index (κ1) is 15.3. The molecule has 2 rings (SSSR count). The first-order valence-electron chi connectivity index (χ1n) is 6.86. The number of nitrogens with zero attached hydrogens (tertiary/aromatic N) is 1. The highest BCUT2D eigenvalue weighted by atomic mass is 79.9. The van der Waals surface area contributed by atoms with Crippen LogP contribution in [0.1, 0.15) is 19.4 Å². The number of hydrogen-bond donors (Lipinski definition) is 2. The number of likely N-dealkylation sites (N-methyl/N-ethyl adjacent to an activating group) is 1. The fraction of sp³-hybridized carbons (Fsp3) is 0.533. The number of benzene rings is 1. The van der Waals surface area contributed by atoms with Crippen molar-refractivity contribution < 1.29 is 9.90 Å². The maximum atomic E-state index is 12.4. The molecule has 20 heavy (non-hydrogen) atoms. The summed E-state index contributed by atoms with van der Waals surface area (Å²) in [6, 6.07) is 5.62. The smallest absolute Gasteiger partial charge is 0.243 e. The Labute approximate surface area is 128 Å². The summed E-state index contributed by atoms with van der Waals surface area (Å²) in [5.74, 6) is 0.163. The number of nitrogens with one attached hydrogen (secondary N) is 1. The largest absolute Gasteiger partial charge is 0.394 e. The Balaban J connectivity index is 2.50. The molecule has 2 N–H and O–H groups in total. The molecule has 1 aromatic rings. The minimum atomic E-state index is -0.239. The topological polar surface area (TPSA) is 52.6 Å². The Morgan fingerprint density at radius 1 is 1.50 bits per heavy atom. The first-order valence-corrected chi connectivity index (χ1v) is 7.65. The summed E-state index contributed by atoms with van der Waals surface area (Å²) in [5, 5.41) is 12.4. The molecule has 2 atom stereocenters. The van der Waals surface area contributed by atoms with Gasteiger partial charge in [-0.05, 0) is 30.0 Å². The normalized spacial score (nSPS) is 23.1. The summed E-state index contributed by atoms with van der Waals surface area (Å²) < 4.78 is 0.993. The third-order valence-electron chi connectivity index (χ3n) is 3.78. The Bertz CT molecular complexity index is 505. The zero-order valence-electron chi connectivity index (χ0n) is 12.1. The number of anilines is 1. The van der Waals surface area contributed by atoms with Crippen molar-refractivity contribution in [3.8, 4) is 0 Å². The van der Waals surface area contributed by atoms with E-state index in [0.29, 0.717) is 6.42 Å². The van der Waals surface area contributed by atoms with E-state index in [1.165, 1.54) is 0 Å². The van der Waals surface area contributed by atoms with E-state index in [1.807, 2.05) is 44.0 Å². The molecule has 1 aliphatic heterocycles. The lowest BCUT2D eigenvalue weighted by Crippen LogP contribution is -2.54. The number of carbonyl (C=O) groups excluding carboxylic acids is 1. The number of carbonyl (C=O) groups is 1. The van der Waals surface area contributed by atoms with Crippen LogP contribution in [-0.2, 0) is 11.2 Å². The maximum absolute atomic E-state index is 12.4. The Hall–Kier alpha value is -1.07. The average Bonchev–Trinajstić information content (AvgIpc) is 2.38. The molecule has 0 spiro atoms. The number of aliphatic hydroxyl groups is 1. The van der Waals surface area contributed by atoms with E-state index in [4.69, 9.17) is 0 Å². The Morgan fingerprint density at radius 3 is 2.80 bits per heavy atom. The molecule has 1 aromatic carbocycles. The predicted molar refractivity (Wildman–Crippen MR) is 83.9 cm³/mol. The van der Waals surface area contributed by atoms with Gasteiger partial charge in [-0.25, -0.2) is 0 Å². The SMILES string of the molecule is CC(C)[C@H]1C(=O)N[C@H](CO)Cc2ccc(Br)cc2N1C. The molecule has 1 aliphatic rings. The fourth-order valence-electron chi connectivity index (χ4n) is 2.83. The summed E-state index contributed by atoms with van der Waals surface area (Å²) in [7, 11) is 1.95. The van der Waals surface area contributed by atoms with Crippen LogP contribution >= 0.6 is 15.9 Å². The van der Waals surface area contributed by atoms with Crippen LogP contribution in [0.15, 0.2) is 22.7 Å². The molecular formula is C15H21BrN2O2. The standard InChI is InChI=1S/C15H21BrN2O2/c1-9(2)14-15(20)17-12(8-19)6-10-4-5-11(16)7-13(10)18(14)3/h4-5,7,9,12,14,19H,6,8H2,1-3H3,(H,17,20)/t12-,14-/m0/s1. The van der Waals surface area contributed by atoms with Crippen LogP contribution in [-0.4, -0.2) is 36.8 Å². The van der Waals surface area contributed by atoms with Crippen molar-refractivity contribution in [2.24, 2.45) is 5.92 Å². The van der Waals surface area contributed by atoms with Gasteiger partial charge in [0.1, 0.15) is 6.04 Å². The monoisotopic (exact) mass is 340 g/mol. The summed E-state index contributed by atoms with van der Waals surface area (Å²) >= 11 is 3.49. The van der Waals surface area contributed by atoms with Gasteiger partial charge in [-0.3, -0.25) is 4.79 Å². The van der Waals surface area contributed by atoms with Crippen molar-refractivity contribution in [1.29, 1.82) is 0 Å². The van der Waals surface area contributed by atoms with E-state index in [2.05, 4.69) is 21.2 Å². The highest BCUT2D eigenvalue weighted by molar-refractivity contribution is 9.10. The second-order valence-corrected chi connectivity index (χ2v) is 6.58. The van der Waals surface area contributed by atoms with Crippen molar-refractivity contribution in [1.82, 2.24) is 5.32 Å². The first-order chi connectivity index (χ1) is 9.43. The number of aliphatic hydroxyl groups excluding tert-OH is 1. The molecule has 0 radical (unpaired) electrons. The molecule has 0 aliphatic carbocycles. The number of fused-ring (bicyclic) bond motifs is 1. The highest BCUT2D eigenvalue weighted by Gasteiger charge is 2.32. The van der Waals surface area contributed by atoms with Gasteiger partial charge in [0, 0.05) is 17.2 Å². The lowest BCUT2D eigenvalue weighted by molar-refractivity contribution is -0.124. The zero-order chi connectivity index (χ0) is 14.9. The van der Waals surface area contributed by atoms with E-state index in [9.17, 15) is 9.90 Å². The lowest BCUT2D eigenvalue weighted by atomic mass is 9.95. The van der Waals surface area contributed by atoms with Crippen LogP contribution < -0.4 is 10.2 Å². The van der Waals surface area contributed by atoms with Gasteiger partial charge in [-0.15, -0.1) is 0 Å². The van der Waals surface area contributed by atoms with Gasteiger partial charge in [0.25, 0.3) is 0 Å². The summed E-state index contributed by atoms with van der Waals surface area (Å²) in [6.07, 6.45) is 0.639. The predicted octanol–water partition coefficient (Wildman–Crippen LogP) is 1.94. The van der Waals surface area contributed by atoms with Crippen molar-refractivity contribution >= 4 is 27.5 Å². The van der Waals surface area contributed by atoms with Gasteiger partial charge in [0.15, 0.2) is 0 Å². The molecule has 1 amide bonds. The van der Waals surface area contributed by atoms with E-state index in [1.54, 1.807) is 0 Å². The van der Waals surface area contributed by atoms with Crippen LogP contribution in [0.25, 0.3) is 0 Å².